The molecule has 85 heavy (non-hydrogen) atoms. The molecule has 3 rings (SSSR count). The number of ketones is 2. The molecule has 5 amide bonds. The van der Waals surface area contributed by atoms with Gasteiger partial charge in [-0.3, -0.25) is 33.7 Å². The lowest BCUT2D eigenvalue weighted by Gasteiger charge is -2.29. The molecule has 24 heteroatoms. The van der Waals surface area contributed by atoms with Gasteiger partial charge in [0.1, 0.15) is 25.0 Å². The Labute approximate surface area is 500 Å². The summed E-state index contributed by atoms with van der Waals surface area (Å²) in [6, 6.07) is 11.0. The highest BCUT2D eigenvalue weighted by molar-refractivity contribution is 6.15. The minimum Gasteiger partial charge on any atom is -0.491 e. The van der Waals surface area contributed by atoms with Crippen molar-refractivity contribution in [3.05, 3.63) is 77.4 Å². The summed E-state index contributed by atoms with van der Waals surface area (Å²) >= 11 is 0. The number of imide groups is 1. The van der Waals surface area contributed by atoms with E-state index < -0.39 is 58.9 Å². The molecule has 3 atom stereocenters. The number of benzene rings is 2. The zero-order valence-electron chi connectivity index (χ0n) is 50.8. The molecule has 2 aromatic carbocycles. The van der Waals surface area contributed by atoms with E-state index in [1.807, 2.05) is 0 Å². The van der Waals surface area contributed by atoms with Crippen LogP contribution in [0.2, 0.25) is 0 Å². The third-order valence-corrected chi connectivity index (χ3v) is 12.8. The second kappa shape index (κ2) is 44.6. The minimum absolute atomic E-state index is 0.0195. The van der Waals surface area contributed by atoms with Gasteiger partial charge in [-0.2, -0.15) is 0 Å². The lowest BCUT2D eigenvalue weighted by Crippen LogP contribution is -2.49. The molecule has 1 heterocycles. The van der Waals surface area contributed by atoms with E-state index in [-0.39, 0.29) is 57.2 Å². The van der Waals surface area contributed by atoms with Crippen LogP contribution < -0.4 is 21.1 Å². The van der Waals surface area contributed by atoms with Crippen molar-refractivity contribution in [1.29, 1.82) is 0 Å². The van der Waals surface area contributed by atoms with Gasteiger partial charge >= 0.3 is 12.0 Å². The van der Waals surface area contributed by atoms with Crippen molar-refractivity contribution in [1.82, 2.24) is 15.5 Å². The molecule has 24 nitrogen and oxygen atoms in total. The van der Waals surface area contributed by atoms with Crippen LogP contribution in [0.3, 0.4) is 0 Å². The molecule has 0 aliphatic carbocycles. The van der Waals surface area contributed by atoms with Gasteiger partial charge in [-0.1, -0.05) is 50.2 Å². The topological polar surface area (TPSA) is 293 Å². The van der Waals surface area contributed by atoms with Gasteiger partial charge < -0.3 is 77.9 Å². The summed E-state index contributed by atoms with van der Waals surface area (Å²) in [5.74, 6) is -3.80. The molecular weight excluding hydrogens is 1110 g/mol. The molecule has 0 radical (unpaired) electrons. The minimum atomic E-state index is -1.23. The molecule has 0 spiro atoms. The summed E-state index contributed by atoms with van der Waals surface area (Å²) in [5.41, 5.74) is 6.62. The Balaban J connectivity index is 1.30. The Morgan fingerprint density at radius 1 is 0.553 bits per heavy atom. The maximum absolute atomic E-state index is 14.3. The standard InChI is InChI=1S/C61H94N4O20/c1-46(2)51(58(70)64-52(8-7-19-63-60(62)72)54(66)43-48-9-11-49(12-10-48)45-85-59(71)61(3,4)5)44-55(67)53(65-56(68)17-18-57(65)69)42-47-13-15-50(16-14-47)84-41-40-83-39-38-82-37-36-81-35-34-80-33-32-79-31-30-78-29-28-77-27-26-76-25-24-75-23-22-74-21-20-73-6/h9-18,46,51-53H,7-8,19-45H2,1-6H3,(H,64,70)(H3,62,63,72)/t51-,52?,53-/m0/s1. The summed E-state index contributed by atoms with van der Waals surface area (Å²) in [5, 5.41) is 5.36. The number of amides is 5. The largest absolute Gasteiger partial charge is 0.491 e. The van der Waals surface area contributed by atoms with E-state index in [1.54, 1.807) is 90.3 Å². The van der Waals surface area contributed by atoms with Gasteiger partial charge in [-0.25, -0.2) is 4.79 Å². The van der Waals surface area contributed by atoms with Crippen LogP contribution in [0.4, 0.5) is 4.79 Å². The zero-order chi connectivity index (χ0) is 61.9. The number of carbonyl (C=O) groups is 7. The monoisotopic (exact) mass is 1200 g/mol. The van der Waals surface area contributed by atoms with Gasteiger partial charge in [0.25, 0.3) is 11.8 Å². The van der Waals surface area contributed by atoms with Crippen molar-refractivity contribution < 1.29 is 95.1 Å². The average Bonchev–Trinajstić information content (AvgIpc) is 4.09. The van der Waals surface area contributed by atoms with Crippen LogP contribution in [-0.4, -0.2) is 217 Å². The Bertz CT molecular complexity index is 2220. The first kappa shape index (κ1) is 73.5. The normalized spacial score (nSPS) is 13.5. The van der Waals surface area contributed by atoms with Crippen LogP contribution in [0.1, 0.15) is 70.6 Å². The predicted molar refractivity (Wildman–Crippen MR) is 312 cm³/mol. The molecule has 0 fully saturated rings. The fourth-order valence-corrected chi connectivity index (χ4v) is 7.99. The van der Waals surface area contributed by atoms with Gasteiger partial charge in [0.2, 0.25) is 5.91 Å². The number of hydrogen-bond acceptors (Lipinski definition) is 20. The molecule has 478 valence electrons. The molecule has 0 saturated heterocycles. The number of nitrogens with zero attached hydrogens (tertiary/aromatic N) is 1. The van der Waals surface area contributed by atoms with Gasteiger partial charge in [-0.05, 0) is 68.4 Å². The van der Waals surface area contributed by atoms with Crippen LogP contribution in [0, 0.1) is 17.3 Å². The summed E-state index contributed by atoms with van der Waals surface area (Å²) in [6.45, 7) is 18.9. The molecule has 1 aliphatic heterocycles. The van der Waals surface area contributed by atoms with Crippen molar-refractivity contribution in [3.63, 3.8) is 0 Å². The van der Waals surface area contributed by atoms with Crippen molar-refractivity contribution in [2.24, 2.45) is 23.0 Å². The molecule has 0 aromatic heterocycles. The van der Waals surface area contributed by atoms with Crippen LogP contribution >= 0.6 is 0 Å². The number of methoxy groups -OCH3 is 1. The number of hydrogen-bond donors (Lipinski definition) is 3. The molecule has 4 N–H and O–H groups in total. The first-order valence-corrected chi connectivity index (χ1v) is 29.2. The number of ether oxygens (including phenoxy) is 13. The summed E-state index contributed by atoms with van der Waals surface area (Å²) in [4.78, 5) is 92.8. The van der Waals surface area contributed by atoms with E-state index in [0.29, 0.717) is 162 Å². The summed E-state index contributed by atoms with van der Waals surface area (Å²) < 4.78 is 71.1. The van der Waals surface area contributed by atoms with E-state index in [2.05, 4.69) is 10.6 Å². The van der Waals surface area contributed by atoms with Crippen molar-refractivity contribution >= 4 is 41.3 Å². The van der Waals surface area contributed by atoms with Gasteiger partial charge in [0.15, 0.2) is 11.6 Å². The van der Waals surface area contributed by atoms with Crippen LogP contribution in [0.15, 0.2) is 60.7 Å². The second-order valence-electron chi connectivity index (χ2n) is 21.0. The average molecular weight is 1200 g/mol. The van der Waals surface area contributed by atoms with Gasteiger partial charge in [0, 0.05) is 51.0 Å². The Morgan fingerprint density at radius 3 is 1.38 bits per heavy atom. The van der Waals surface area contributed by atoms with Crippen molar-refractivity contribution in [2.75, 3.05) is 159 Å². The molecular formula is C61H94N4O20. The predicted octanol–water partition coefficient (Wildman–Crippen LogP) is 3.78. The lowest BCUT2D eigenvalue weighted by molar-refractivity contribution is -0.154. The van der Waals surface area contributed by atoms with E-state index in [0.717, 1.165) is 22.6 Å². The molecule has 0 bridgehead atoms. The van der Waals surface area contributed by atoms with E-state index in [1.165, 1.54) is 0 Å². The smallest absolute Gasteiger partial charge is 0.312 e. The number of urea groups is 1. The fourth-order valence-electron chi connectivity index (χ4n) is 7.99. The van der Waals surface area contributed by atoms with Gasteiger partial charge in [-0.15, -0.1) is 0 Å². The zero-order valence-corrected chi connectivity index (χ0v) is 50.8. The fraction of sp³-hybridized carbons (Fsp3) is 0.656. The maximum atomic E-state index is 14.3. The van der Waals surface area contributed by atoms with E-state index in [4.69, 9.17) is 67.3 Å². The van der Waals surface area contributed by atoms with Crippen LogP contribution in [-0.2, 0) is 105 Å². The number of nitrogens with two attached hydrogens (primary N) is 1. The Morgan fingerprint density at radius 2 is 0.965 bits per heavy atom. The Hall–Kier alpha value is -5.77. The number of carbonyl (C=O) groups excluding carboxylic acids is 7. The number of Topliss-reactive ketones (excluding diaryl/α,β-unsaturated/α-hetero) is 2. The molecule has 1 unspecified atom stereocenters. The SMILES string of the molecule is COCCOCCOCCOCCOCCOCCOCCOCCOCCOCCOCCOc1ccc(C[C@@H](C(=O)C[C@H](C(=O)NC(CCCNC(N)=O)C(=O)Cc2ccc(COC(=O)C(C)(C)C)cc2)C(C)C)N2C(=O)C=CC2=O)cc1. The highest BCUT2D eigenvalue weighted by Gasteiger charge is 2.39. The molecule has 1 aliphatic rings. The summed E-state index contributed by atoms with van der Waals surface area (Å²) in [6.07, 6.45) is 2.29. The van der Waals surface area contributed by atoms with Gasteiger partial charge in [0.05, 0.1) is 150 Å². The third-order valence-electron chi connectivity index (χ3n) is 12.8. The number of primary amides is 1. The lowest BCUT2D eigenvalue weighted by atomic mass is 9.86. The first-order chi connectivity index (χ1) is 41.0. The number of rotatable bonds is 52. The first-order valence-electron chi connectivity index (χ1n) is 29.2. The third kappa shape index (κ3) is 33.7. The van der Waals surface area contributed by atoms with Crippen molar-refractivity contribution in [2.45, 2.75) is 85.4 Å². The quantitative estimate of drug-likeness (QED) is 0.0482. The van der Waals surface area contributed by atoms with Crippen LogP contribution in [0.25, 0.3) is 0 Å². The summed E-state index contributed by atoms with van der Waals surface area (Å²) in [7, 11) is 1.63. The highest BCUT2D eigenvalue weighted by Crippen LogP contribution is 2.24. The maximum Gasteiger partial charge on any atom is 0.312 e. The Kier molecular flexibility index (Phi) is 38.6. The molecule has 0 saturated carbocycles. The highest BCUT2D eigenvalue weighted by atomic mass is 16.6. The molecule has 2 aromatic rings. The van der Waals surface area contributed by atoms with Crippen molar-refractivity contribution in [3.8, 4) is 5.75 Å². The second-order valence-corrected chi connectivity index (χ2v) is 21.0. The number of nitrogens with one attached hydrogen (secondary N) is 2. The van der Waals surface area contributed by atoms with Crippen LogP contribution in [0.5, 0.6) is 5.75 Å². The van der Waals surface area contributed by atoms with E-state index >= 15 is 0 Å². The number of esters is 1. The van der Waals surface area contributed by atoms with E-state index in [9.17, 15) is 33.6 Å².